The Balaban J connectivity index is 1.96. The molecule has 0 N–H and O–H groups in total. The van der Waals surface area contributed by atoms with Crippen LogP contribution in [0.1, 0.15) is 18.1 Å². The SMILES string of the molecule is CC1CN(C(=O)Cc2ccc(C#N)cc2)CCO1. The smallest absolute Gasteiger partial charge is 0.227 e. The Hall–Kier alpha value is -1.86. The Kier molecular flexibility index (Phi) is 3.96. The second-order valence-electron chi connectivity index (χ2n) is 4.51. The molecule has 0 radical (unpaired) electrons. The standard InChI is InChI=1S/C14H16N2O2/c1-11-10-16(6-7-18-11)14(17)8-12-2-4-13(9-15)5-3-12/h2-5,11H,6-8,10H2,1H3. The normalized spacial score (nSPS) is 19.3. The van der Waals surface area contributed by atoms with Crippen LogP contribution in [0.5, 0.6) is 0 Å². The molecule has 0 aromatic heterocycles. The summed E-state index contributed by atoms with van der Waals surface area (Å²) in [6, 6.07) is 9.21. The van der Waals surface area contributed by atoms with Crippen molar-refractivity contribution in [1.82, 2.24) is 4.90 Å². The van der Waals surface area contributed by atoms with Crippen molar-refractivity contribution < 1.29 is 9.53 Å². The van der Waals surface area contributed by atoms with E-state index in [4.69, 9.17) is 10.00 Å². The molecular formula is C14H16N2O2. The van der Waals surface area contributed by atoms with Crippen LogP contribution >= 0.6 is 0 Å². The molecule has 0 aliphatic carbocycles. The first-order valence-corrected chi connectivity index (χ1v) is 6.07. The Morgan fingerprint density at radius 3 is 2.83 bits per heavy atom. The van der Waals surface area contributed by atoms with E-state index in [1.54, 1.807) is 12.1 Å². The van der Waals surface area contributed by atoms with Crippen LogP contribution in [-0.2, 0) is 16.0 Å². The van der Waals surface area contributed by atoms with Crippen LogP contribution in [-0.4, -0.2) is 36.6 Å². The predicted octanol–water partition coefficient (Wildman–Crippen LogP) is 1.35. The zero-order valence-corrected chi connectivity index (χ0v) is 10.4. The van der Waals surface area contributed by atoms with Crippen LogP contribution in [0.4, 0.5) is 0 Å². The fourth-order valence-corrected chi connectivity index (χ4v) is 2.03. The number of amides is 1. The zero-order chi connectivity index (χ0) is 13.0. The number of ether oxygens (including phenoxy) is 1. The quantitative estimate of drug-likeness (QED) is 0.789. The van der Waals surface area contributed by atoms with Gasteiger partial charge in [0.2, 0.25) is 5.91 Å². The van der Waals surface area contributed by atoms with Crippen molar-refractivity contribution in [1.29, 1.82) is 5.26 Å². The third kappa shape index (κ3) is 3.08. The molecule has 18 heavy (non-hydrogen) atoms. The first kappa shape index (κ1) is 12.6. The molecule has 4 heteroatoms. The van der Waals surface area contributed by atoms with Gasteiger partial charge < -0.3 is 9.64 Å². The highest BCUT2D eigenvalue weighted by molar-refractivity contribution is 5.78. The average molecular weight is 244 g/mol. The van der Waals surface area contributed by atoms with Gasteiger partial charge in [0, 0.05) is 13.1 Å². The van der Waals surface area contributed by atoms with Gasteiger partial charge in [-0.3, -0.25) is 4.79 Å². The van der Waals surface area contributed by atoms with E-state index in [2.05, 4.69) is 6.07 Å². The fraction of sp³-hybridized carbons (Fsp3) is 0.429. The lowest BCUT2D eigenvalue weighted by atomic mass is 10.1. The molecular weight excluding hydrogens is 228 g/mol. The molecule has 0 spiro atoms. The average Bonchev–Trinajstić information content (AvgIpc) is 2.39. The predicted molar refractivity (Wildman–Crippen MR) is 66.9 cm³/mol. The van der Waals surface area contributed by atoms with E-state index in [-0.39, 0.29) is 12.0 Å². The number of benzene rings is 1. The molecule has 1 saturated heterocycles. The molecule has 0 bridgehead atoms. The van der Waals surface area contributed by atoms with Gasteiger partial charge in [-0.15, -0.1) is 0 Å². The van der Waals surface area contributed by atoms with Gasteiger partial charge in [0.15, 0.2) is 0 Å². The number of nitrogens with zero attached hydrogens (tertiary/aromatic N) is 2. The zero-order valence-electron chi connectivity index (χ0n) is 10.4. The number of morpholine rings is 1. The topological polar surface area (TPSA) is 53.3 Å². The van der Waals surface area contributed by atoms with Crippen LogP contribution < -0.4 is 0 Å². The maximum atomic E-state index is 12.1. The molecule has 1 aromatic rings. The summed E-state index contributed by atoms with van der Waals surface area (Å²) in [5.74, 6) is 0.120. The number of hydrogen-bond donors (Lipinski definition) is 0. The number of nitriles is 1. The largest absolute Gasteiger partial charge is 0.375 e. The van der Waals surface area contributed by atoms with Gasteiger partial charge in [-0.25, -0.2) is 0 Å². The van der Waals surface area contributed by atoms with Gasteiger partial charge in [0.1, 0.15) is 0 Å². The van der Waals surface area contributed by atoms with E-state index in [1.165, 1.54) is 0 Å². The maximum Gasteiger partial charge on any atom is 0.227 e. The summed E-state index contributed by atoms with van der Waals surface area (Å²) in [5, 5.41) is 8.70. The van der Waals surface area contributed by atoms with Gasteiger partial charge in [0.25, 0.3) is 0 Å². The van der Waals surface area contributed by atoms with E-state index < -0.39 is 0 Å². The minimum atomic E-state index is 0.115. The fourth-order valence-electron chi connectivity index (χ4n) is 2.03. The molecule has 1 unspecified atom stereocenters. The third-order valence-corrected chi connectivity index (χ3v) is 3.03. The van der Waals surface area contributed by atoms with E-state index in [0.29, 0.717) is 31.7 Å². The van der Waals surface area contributed by atoms with Gasteiger partial charge >= 0.3 is 0 Å². The minimum Gasteiger partial charge on any atom is -0.375 e. The summed E-state index contributed by atoms with van der Waals surface area (Å²) in [5.41, 5.74) is 1.56. The molecule has 1 aliphatic rings. The summed E-state index contributed by atoms with van der Waals surface area (Å²) >= 11 is 0. The van der Waals surface area contributed by atoms with E-state index in [1.807, 2.05) is 24.0 Å². The molecule has 1 atom stereocenters. The summed E-state index contributed by atoms with van der Waals surface area (Å²) < 4.78 is 5.41. The van der Waals surface area contributed by atoms with Gasteiger partial charge in [0.05, 0.1) is 30.8 Å². The van der Waals surface area contributed by atoms with Gasteiger partial charge in [-0.1, -0.05) is 12.1 Å². The summed E-state index contributed by atoms with van der Waals surface area (Å²) in [6.07, 6.45) is 0.502. The molecule has 1 fully saturated rings. The van der Waals surface area contributed by atoms with Crippen molar-refractivity contribution in [3.63, 3.8) is 0 Å². The number of carbonyl (C=O) groups excluding carboxylic acids is 1. The second-order valence-corrected chi connectivity index (χ2v) is 4.51. The number of hydrogen-bond acceptors (Lipinski definition) is 3. The van der Waals surface area contributed by atoms with Crippen molar-refractivity contribution in [2.45, 2.75) is 19.4 Å². The summed E-state index contributed by atoms with van der Waals surface area (Å²) in [7, 11) is 0. The second kappa shape index (κ2) is 5.65. The molecule has 1 amide bonds. The molecule has 1 aromatic carbocycles. The molecule has 1 heterocycles. The molecule has 4 nitrogen and oxygen atoms in total. The van der Waals surface area contributed by atoms with E-state index in [0.717, 1.165) is 5.56 Å². The van der Waals surface area contributed by atoms with Crippen molar-refractivity contribution in [2.75, 3.05) is 19.7 Å². The Morgan fingerprint density at radius 1 is 1.50 bits per heavy atom. The lowest BCUT2D eigenvalue weighted by Gasteiger charge is -2.31. The Bertz CT molecular complexity index is 462. The van der Waals surface area contributed by atoms with Crippen LogP contribution in [0.15, 0.2) is 24.3 Å². The van der Waals surface area contributed by atoms with E-state index in [9.17, 15) is 4.79 Å². The van der Waals surface area contributed by atoms with Crippen LogP contribution in [0, 0.1) is 11.3 Å². The highest BCUT2D eigenvalue weighted by atomic mass is 16.5. The Labute approximate surface area is 107 Å². The number of carbonyl (C=O) groups is 1. The molecule has 1 aliphatic heterocycles. The van der Waals surface area contributed by atoms with Crippen molar-refractivity contribution >= 4 is 5.91 Å². The van der Waals surface area contributed by atoms with Crippen LogP contribution in [0.25, 0.3) is 0 Å². The monoisotopic (exact) mass is 244 g/mol. The highest BCUT2D eigenvalue weighted by Gasteiger charge is 2.21. The van der Waals surface area contributed by atoms with Crippen molar-refractivity contribution in [3.8, 4) is 6.07 Å². The lowest BCUT2D eigenvalue weighted by Crippen LogP contribution is -2.45. The molecule has 0 saturated carbocycles. The van der Waals surface area contributed by atoms with Gasteiger partial charge in [-0.05, 0) is 24.6 Å². The minimum absolute atomic E-state index is 0.115. The first-order chi connectivity index (χ1) is 8.69. The van der Waals surface area contributed by atoms with Crippen molar-refractivity contribution in [3.05, 3.63) is 35.4 Å². The first-order valence-electron chi connectivity index (χ1n) is 6.07. The highest BCUT2D eigenvalue weighted by Crippen LogP contribution is 2.09. The summed E-state index contributed by atoms with van der Waals surface area (Å²) in [4.78, 5) is 13.9. The molecule has 2 rings (SSSR count). The van der Waals surface area contributed by atoms with Crippen molar-refractivity contribution in [2.24, 2.45) is 0 Å². The molecule has 94 valence electrons. The lowest BCUT2D eigenvalue weighted by molar-refractivity contribution is -0.137. The number of rotatable bonds is 2. The van der Waals surface area contributed by atoms with Crippen LogP contribution in [0.2, 0.25) is 0 Å². The van der Waals surface area contributed by atoms with Gasteiger partial charge in [-0.2, -0.15) is 5.26 Å². The Morgan fingerprint density at radius 2 is 2.22 bits per heavy atom. The summed E-state index contributed by atoms with van der Waals surface area (Å²) in [6.45, 7) is 3.91. The third-order valence-electron chi connectivity index (χ3n) is 3.03. The van der Waals surface area contributed by atoms with Crippen LogP contribution in [0.3, 0.4) is 0 Å². The maximum absolute atomic E-state index is 12.1. The van der Waals surface area contributed by atoms with E-state index >= 15 is 0 Å².